The molecule has 0 saturated carbocycles. The average molecular weight is 378 g/mol. The van der Waals surface area contributed by atoms with Crippen LogP contribution < -0.4 is 10.2 Å². The number of hydrogen-bond acceptors (Lipinski definition) is 4. The summed E-state index contributed by atoms with van der Waals surface area (Å²) in [6, 6.07) is 11.8. The van der Waals surface area contributed by atoms with E-state index in [1.807, 2.05) is 35.2 Å². The normalized spacial score (nSPS) is 16.0. The molecule has 1 aromatic heterocycles. The third-order valence-electron chi connectivity index (χ3n) is 5.59. The molecule has 28 heavy (non-hydrogen) atoms. The molecule has 0 unspecified atom stereocenters. The lowest BCUT2D eigenvalue weighted by Crippen LogP contribution is -2.49. The van der Waals surface area contributed by atoms with Crippen LogP contribution in [0.1, 0.15) is 34.3 Å². The third-order valence-corrected chi connectivity index (χ3v) is 5.59. The molecule has 1 saturated heterocycles. The molecule has 146 valence electrons. The van der Waals surface area contributed by atoms with E-state index in [2.05, 4.69) is 21.3 Å². The second-order valence-corrected chi connectivity index (χ2v) is 7.40. The van der Waals surface area contributed by atoms with Crippen LogP contribution in [-0.2, 0) is 17.6 Å². The Morgan fingerprint density at radius 1 is 1.00 bits per heavy atom. The van der Waals surface area contributed by atoms with Gasteiger partial charge >= 0.3 is 0 Å². The van der Waals surface area contributed by atoms with Crippen LogP contribution in [0.3, 0.4) is 0 Å². The maximum Gasteiger partial charge on any atom is 0.251 e. The molecular weight excluding hydrogens is 352 g/mol. The van der Waals surface area contributed by atoms with Crippen molar-refractivity contribution in [1.29, 1.82) is 0 Å². The number of benzene rings is 1. The number of nitrogens with zero attached hydrogens (tertiary/aromatic N) is 3. The first-order chi connectivity index (χ1) is 13.7. The molecule has 2 amide bonds. The summed E-state index contributed by atoms with van der Waals surface area (Å²) in [7, 11) is 0. The molecule has 6 heteroatoms. The average Bonchev–Trinajstić information content (AvgIpc) is 3.22. The van der Waals surface area contributed by atoms with Gasteiger partial charge in [0.05, 0.1) is 0 Å². The fourth-order valence-electron chi connectivity index (χ4n) is 3.98. The summed E-state index contributed by atoms with van der Waals surface area (Å²) in [4.78, 5) is 33.2. The minimum absolute atomic E-state index is 0.0925. The summed E-state index contributed by atoms with van der Waals surface area (Å²) < 4.78 is 0. The topological polar surface area (TPSA) is 65.5 Å². The van der Waals surface area contributed by atoms with Crippen LogP contribution in [0.15, 0.2) is 42.6 Å². The number of amides is 2. The van der Waals surface area contributed by atoms with Gasteiger partial charge in [0.25, 0.3) is 5.91 Å². The van der Waals surface area contributed by atoms with Gasteiger partial charge in [-0.1, -0.05) is 12.1 Å². The zero-order chi connectivity index (χ0) is 19.3. The lowest BCUT2D eigenvalue weighted by molar-refractivity contribution is -0.131. The molecule has 0 radical (unpaired) electrons. The maximum atomic E-state index is 12.5. The van der Waals surface area contributed by atoms with Crippen LogP contribution in [-0.4, -0.2) is 54.4 Å². The molecule has 2 aliphatic rings. The van der Waals surface area contributed by atoms with Crippen molar-refractivity contribution in [3.63, 3.8) is 0 Å². The van der Waals surface area contributed by atoms with E-state index in [9.17, 15) is 9.59 Å². The Morgan fingerprint density at radius 2 is 1.82 bits per heavy atom. The van der Waals surface area contributed by atoms with Gasteiger partial charge in [0, 0.05) is 50.9 Å². The Labute approximate surface area is 165 Å². The first-order valence-electron chi connectivity index (χ1n) is 10.0. The summed E-state index contributed by atoms with van der Waals surface area (Å²) in [6.45, 7) is 3.31. The number of aromatic nitrogens is 1. The van der Waals surface area contributed by atoms with Crippen LogP contribution >= 0.6 is 0 Å². The second kappa shape index (κ2) is 8.42. The van der Waals surface area contributed by atoms with Gasteiger partial charge in [-0.3, -0.25) is 9.59 Å². The predicted octanol–water partition coefficient (Wildman–Crippen LogP) is 2.04. The maximum absolute atomic E-state index is 12.5. The highest BCUT2D eigenvalue weighted by Gasteiger charge is 2.21. The molecule has 1 N–H and O–H groups in total. The molecule has 1 aromatic carbocycles. The van der Waals surface area contributed by atoms with E-state index >= 15 is 0 Å². The van der Waals surface area contributed by atoms with E-state index in [-0.39, 0.29) is 11.8 Å². The van der Waals surface area contributed by atoms with E-state index in [0.29, 0.717) is 31.6 Å². The van der Waals surface area contributed by atoms with Gasteiger partial charge in [-0.25, -0.2) is 4.98 Å². The molecular formula is C22H26N4O2. The van der Waals surface area contributed by atoms with Crippen molar-refractivity contribution in [2.75, 3.05) is 37.6 Å². The van der Waals surface area contributed by atoms with Crippen LogP contribution in [0.5, 0.6) is 0 Å². The number of aryl methyl sites for hydroxylation is 2. The van der Waals surface area contributed by atoms with E-state index in [4.69, 9.17) is 0 Å². The van der Waals surface area contributed by atoms with E-state index in [0.717, 1.165) is 31.7 Å². The molecule has 0 spiro atoms. The Kier molecular flexibility index (Phi) is 5.55. The summed E-state index contributed by atoms with van der Waals surface area (Å²) in [6.07, 6.45) is 5.46. The highest BCUT2D eigenvalue weighted by molar-refractivity contribution is 5.94. The standard InChI is InChI=1S/C22H26N4O2/c27-21(26-14-12-25(13-15-26)20-6-1-2-10-23-20)9-11-24-22(28)19-8-7-17-4-3-5-18(17)16-19/h1-2,6-8,10,16H,3-5,9,11-15H2,(H,24,28). The predicted molar refractivity (Wildman–Crippen MR) is 108 cm³/mol. The Hall–Kier alpha value is -2.89. The van der Waals surface area contributed by atoms with Gasteiger partial charge < -0.3 is 15.1 Å². The molecule has 2 heterocycles. The van der Waals surface area contributed by atoms with Crippen LogP contribution in [0.2, 0.25) is 0 Å². The minimum atomic E-state index is -0.0949. The van der Waals surface area contributed by atoms with E-state index in [1.54, 1.807) is 6.20 Å². The van der Waals surface area contributed by atoms with Crippen LogP contribution in [0, 0.1) is 0 Å². The second-order valence-electron chi connectivity index (χ2n) is 7.40. The van der Waals surface area contributed by atoms with Crippen molar-refractivity contribution in [1.82, 2.24) is 15.2 Å². The van der Waals surface area contributed by atoms with Crippen molar-refractivity contribution in [3.05, 3.63) is 59.3 Å². The molecule has 0 atom stereocenters. The van der Waals surface area contributed by atoms with Crippen molar-refractivity contribution < 1.29 is 9.59 Å². The highest BCUT2D eigenvalue weighted by Crippen LogP contribution is 2.22. The van der Waals surface area contributed by atoms with Gasteiger partial charge in [-0.15, -0.1) is 0 Å². The monoisotopic (exact) mass is 378 g/mol. The van der Waals surface area contributed by atoms with Gasteiger partial charge in [0.1, 0.15) is 5.82 Å². The number of anilines is 1. The number of rotatable bonds is 5. The first kappa shape index (κ1) is 18.5. The highest BCUT2D eigenvalue weighted by atomic mass is 16.2. The number of piperazine rings is 1. The summed E-state index contributed by atoms with van der Waals surface area (Å²) >= 11 is 0. The molecule has 2 aromatic rings. The summed E-state index contributed by atoms with van der Waals surface area (Å²) in [5.41, 5.74) is 3.34. The van der Waals surface area contributed by atoms with Crippen molar-refractivity contribution >= 4 is 17.6 Å². The molecule has 4 rings (SSSR count). The summed E-state index contributed by atoms with van der Waals surface area (Å²) in [5, 5.41) is 2.89. The first-order valence-corrected chi connectivity index (χ1v) is 10.0. The largest absolute Gasteiger partial charge is 0.353 e. The molecule has 1 aliphatic carbocycles. The number of pyridine rings is 1. The molecule has 0 bridgehead atoms. The minimum Gasteiger partial charge on any atom is -0.353 e. The zero-order valence-corrected chi connectivity index (χ0v) is 16.1. The van der Waals surface area contributed by atoms with Crippen LogP contribution in [0.4, 0.5) is 5.82 Å². The van der Waals surface area contributed by atoms with Gasteiger partial charge in [-0.05, 0) is 54.7 Å². The molecule has 1 fully saturated rings. The van der Waals surface area contributed by atoms with E-state index < -0.39 is 0 Å². The Bertz CT molecular complexity index is 845. The van der Waals surface area contributed by atoms with Gasteiger partial charge in [0.15, 0.2) is 0 Å². The van der Waals surface area contributed by atoms with Crippen LogP contribution in [0.25, 0.3) is 0 Å². The van der Waals surface area contributed by atoms with Gasteiger partial charge in [0.2, 0.25) is 5.91 Å². The Balaban J connectivity index is 1.21. The number of carbonyl (C=O) groups excluding carboxylic acids is 2. The lowest BCUT2D eigenvalue weighted by Gasteiger charge is -2.35. The lowest BCUT2D eigenvalue weighted by atomic mass is 10.1. The number of nitrogens with one attached hydrogen (secondary N) is 1. The van der Waals surface area contributed by atoms with Crippen molar-refractivity contribution in [2.45, 2.75) is 25.7 Å². The quantitative estimate of drug-likeness (QED) is 0.865. The number of fused-ring (bicyclic) bond motifs is 1. The Morgan fingerprint density at radius 3 is 2.61 bits per heavy atom. The summed E-state index contributed by atoms with van der Waals surface area (Å²) in [5.74, 6) is 0.952. The number of hydrogen-bond donors (Lipinski definition) is 1. The van der Waals surface area contributed by atoms with Crippen molar-refractivity contribution in [3.8, 4) is 0 Å². The fourth-order valence-corrected chi connectivity index (χ4v) is 3.98. The van der Waals surface area contributed by atoms with Crippen molar-refractivity contribution in [2.24, 2.45) is 0 Å². The number of carbonyl (C=O) groups is 2. The smallest absolute Gasteiger partial charge is 0.251 e. The van der Waals surface area contributed by atoms with E-state index in [1.165, 1.54) is 17.5 Å². The molecule has 6 nitrogen and oxygen atoms in total. The fraction of sp³-hybridized carbons (Fsp3) is 0.409. The van der Waals surface area contributed by atoms with Gasteiger partial charge in [-0.2, -0.15) is 0 Å². The molecule has 1 aliphatic heterocycles. The SMILES string of the molecule is O=C(NCCC(=O)N1CCN(c2ccccn2)CC1)c1ccc2c(c1)CCC2. The third kappa shape index (κ3) is 4.16. The zero-order valence-electron chi connectivity index (χ0n) is 16.1.